The number of hydrogen-bond donors (Lipinski definition) is 0. The van der Waals surface area contributed by atoms with Gasteiger partial charge in [-0.15, -0.1) is 0 Å². The van der Waals surface area contributed by atoms with Gasteiger partial charge in [0.25, 0.3) is 0 Å². The summed E-state index contributed by atoms with van der Waals surface area (Å²) in [6.07, 6.45) is 12.8. The van der Waals surface area contributed by atoms with E-state index in [4.69, 9.17) is 9.97 Å². The van der Waals surface area contributed by atoms with Crippen LogP contribution in [-0.4, -0.2) is 19.9 Å². The highest BCUT2D eigenvalue weighted by atomic mass is 14.8. The van der Waals surface area contributed by atoms with Crippen molar-refractivity contribution in [3.05, 3.63) is 131 Å². The molecule has 11 rings (SSSR count). The van der Waals surface area contributed by atoms with Crippen molar-refractivity contribution >= 4 is 0 Å². The second-order valence-electron chi connectivity index (χ2n) is 15.7. The van der Waals surface area contributed by atoms with Crippen molar-refractivity contribution in [2.24, 2.45) is 22.7 Å². The molecule has 230 valence electrons. The quantitative estimate of drug-likeness (QED) is 0.194. The van der Waals surface area contributed by atoms with Gasteiger partial charge in [0, 0.05) is 24.8 Å². The SMILES string of the molecule is CC1(C)[C@@H]2C[C@H]1c1cnc(-c3ccccn3)cc1C2Cc1cccc(C[C@H]2c3cc(-c4ccccn4)ncc3[C@H]3C[C@@H]2C3(C)C)c1. The fourth-order valence-electron chi connectivity index (χ4n) is 10.2. The van der Waals surface area contributed by atoms with Gasteiger partial charge in [-0.05, 0) is 142 Å². The highest BCUT2D eigenvalue weighted by Gasteiger charge is 2.58. The lowest BCUT2D eigenvalue weighted by atomic mass is 9.43. The molecule has 6 atom stereocenters. The molecule has 5 aromatic rings. The zero-order chi connectivity index (χ0) is 31.2. The molecule has 2 saturated carbocycles. The second kappa shape index (κ2) is 10.2. The van der Waals surface area contributed by atoms with E-state index in [9.17, 15) is 0 Å². The highest BCUT2D eigenvalue weighted by molar-refractivity contribution is 5.59. The highest BCUT2D eigenvalue weighted by Crippen LogP contribution is 2.68. The van der Waals surface area contributed by atoms with Crippen LogP contribution in [0.15, 0.2) is 97.6 Å². The van der Waals surface area contributed by atoms with Gasteiger partial charge in [0.15, 0.2) is 0 Å². The van der Waals surface area contributed by atoms with Gasteiger partial charge >= 0.3 is 0 Å². The molecule has 1 unspecified atom stereocenters. The molecule has 4 nitrogen and oxygen atoms in total. The molecular weight excluding hydrogens is 560 g/mol. The van der Waals surface area contributed by atoms with Gasteiger partial charge in [0.1, 0.15) is 0 Å². The van der Waals surface area contributed by atoms with E-state index in [0.717, 1.165) is 35.6 Å². The van der Waals surface area contributed by atoms with Gasteiger partial charge in [0.05, 0.1) is 22.8 Å². The summed E-state index contributed by atoms with van der Waals surface area (Å²) < 4.78 is 0. The number of pyridine rings is 4. The zero-order valence-corrected chi connectivity index (χ0v) is 27.3. The summed E-state index contributed by atoms with van der Waals surface area (Å²) in [6, 6.07) is 26.5. The maximum Gasteiger partial charge on any atom is 0.0889 e. The molecular formula is C42H42N4. The minimum Gasteiger partial charge on any atom is -0.255 e. The Morgan fingerprint density at radius 2 is 1.00 bits per heavy atom. The number of hydrogen-bond acceptors (Lipinski definition) is 4. The molecule has 4 aromatic heterocycles. The first-order chi connectivity index (χ1) is 22.3. The molecule has 6 aliphatic rings. The summed E-state index contributed by atoms with van der Waals surface area (Å²) in [6.45, 7) is 9.92. The standard InChI is InChI=1S/C42H42N4/c1-41(2)33-21-35(41)31-23-45-39(37-12-5-7-14-43-37)19-27(31)29(33)17-25-10-9-11-26(16-25)18-30-28-20-40(38-13-6-8-15-44-38)46-24-32(28)36-22-34(30)42(36,3)4/h5-16,19-20,23-24,29-30,33-36H,17-18,21-22H2,1-4H3/t29-,30?,33-,34+,35+,36-/m0/s1. The van der Waals surface area contributed by atoms with E-state index in [1.54, 1.807) is 0 Å². The Kier molecular flexibility index (Phi) is 6.20. The topological polar surface area (TPSA) is 51.6 Å². The van der Waals surface area contributed by atoms with Gasteiger partial charge in [-0.1, -0.05) is 64.1 Å². The molecule has 2 fully saturated rings. The molecule has 0 spiro atoms. The van der Waals surface area contributed by atoms with Crippen molar-refractivity contribution < 1.29 is 0 Å². The van der Waals surface area contributed by atoms with Crippen molar-refractivity contribution in [1.82, 2.24) is 19.9 Å². The van der Waals surface area contributed by atoms with Gasteiger partial charge in [0.2, 0.25) is 0 Å². The van der Waals surface area contributed by atoms with E-state index in [1.165, 1.54) is 46.2 Å². The summed E-state index contributed by atoms with van der Waals surface area (Å²) in [5.74, 6) is 3.55. The Hall–Kier alpha value is -4.18. The van der Waals surface area contributed by atoms with Crippen molar-refractivity contribution in [2.45, 2.75) is 77.0 Å². The Labute approximate surface area is 272 Å². The lowest BCUT2D eigenvalue weighted by molar-refractivity contribution is -0.00613. The largest absolute Gasteiger partial charge is 0.255 e. The Morgan fingerprint density at radius 3 is 1.41 bits per heavy atom. The third-order valence-electron chi connectivity index (χ3n) is 12.9. The third-order valence-corrected chi connectivity index (χ3v) is 12.9. The van der Waals surface area contributed by atoms with E-state index >= 15 is 0 Å². The lowest BCUT2D eigenvalue weighted by Gasteiger charge is -2.60. The summed E-state index contributed by atoms with van der Waals surface area (Å²) in [4.78, 5) is 19.1. The fraction of sp³-hybridized carbons (Fsp3) is 0.381. The molecule has 0 radical (unpaired) electrons. The van der Waals surface area contributed by atoms with E-state index < -0.39 is 0 Å². The van der Waals surface area contributed by atoms with E-state index in [0.29, 0.717) is 46.3 Å². The molecule has 46 heavy (non-hydrogen) atoms. The first kappa shape index (κ1) is 28.1. The maximum absolute atomic E-state index is 4.92. The normalized spacial score (nSPS) is 27.5. The van der Waals surface area contributed by atoms with Crippen LogP contribution in [0.2, 0.25) is 0 Å². The minimum absolute atomic E-state index is 0.307. The van der Waals surface area contributed by atoms with Gasteiger partial charge < -0.3 is 0 Å². The van der Waals surface area contributed by atoms with E-state index in [2.05, 4.69) is 111 Å². The molecule has 4 bridgehead atoms. The van der Waals surface area contributed by atoms with Gasteiger partial charge in [-0.3, -0.25) is 19.9 Å². The second-order valence-corrected chi connectivity index (χ2v) is 15.7. The Balaban J connectivity index is 1.04. The van der Waals surface area contributed by atoms with Crippen molar-refractivity contribution in [2.75, 3.05) is 0 Å². The first-order valence-corrected chi connectivity index (χ1v) is 17.2. The van der Waals surface area contributed by atoms with Crippen molar-refractivity contribution in [3.63, 3.8) is 0 Å². The van der Waals surface area contributed by atoms with Gasteiger partial charge in [-0.25, -0.2) is 0 Å². The molecule has 0 aliphatic heterocycles. The van der Waals surface area contributed by atoms with Crippen molar-refractivity contribution in [1.29, 1.82) is 0 Å². The lowest BCUT2D eigenvalue weighted by Crippen LogP contribution is -2.51. The Morgan fingerprint density at radius 1 is 0.522 bits per heavy atom. The summed E-state index contributed by atoms with van der Waals surface area (Å²) >= 11 is 0. The number of aromatic nitrogens is 4. The number of nitrogens with zero attached hydrogens (tertiary/aromatic N) is 4. The van der Waals surface area contributed by atoms with Crippen LogP contribution < -0.4 is 0 Å². The number of rotatable bonds is 6. The van der Waals surface area contributed by atoms with E-state index in [-0.39, 0.29) is 0 Å². The predicted octanol–water partition coefficient (Wildman–Crippen LogP) is 9.54. The minimum atomic E-state index is 0.307. The van der Waals surface area contributed by atoms with E-state index in [1.807, 2.05) is 24.5 Å². The fourth-order valence-corrected chi connectivity index (χ4v) is 10.2. The summed E-state index contributed by atoms with van der Waals surface area (Å²) in [5.41, 5.74) is 13.4. The first-order valence-electron chi connectivity index (χ1n) is 17.2. The molecule has 1 aromatic carbocycles. The van der Waals surface area contributed by atoms with Crippen LogP contribution in [0.25, 0.3) is 22.8 Å². The van der Waals surface area contributed by atoms with Crippen LogP contribution >= 0.6 is 0 Å². The average Bonchev–Trinajstić information content (AvgIpc) is 3.08. The Bertz CT molecular complexity index is 1810. The number of benzene rings is 1. The van der Waals surface area contributed by atoms with Crippen LogP contribution in [0, 0.1) is 22.7 Å². The zero-order valence-electron chi connectivity index (χ0n) is 27.3. The third kappa shape index (κ3) is 4.18. The molecule has 6 aliphatic carbocycles. The molecule has 0 amide bonds. The van der Waals surface area contributed by atoms with Crippen LogP contribution in [0.1, 0.15) is 97.6 Å². The van der Waals surface area contributed by atoms with Crippen LogP contribution in [0.3, 0.4) is 0 Å². The molecule has 4 heterocycles. The smallest absolute Gasteiger partial charge is 0.0889 e. The van der Waals surface area contributed by atoms with Crippen LogP contribution in [-0.2, 0) is 12.8 Å². The predicted molar refractivity (Wildman–Crippen MR) is 184 cm³/mol. The van der Waals surface area contributed by atoms with Gasteiger partial charge in [-0.2, -0.15) is 0 Å². The summed E-state index contributed by atoms with van der Waals surface area (Å²) in [5, 5.41) is 0. The van der Waals surface area contributed by atoms with Crippen LogP contribution in [0.5, 0.6) is 0 Å². The van der Waals surface area contributed by atoms with Crippen LogP contribution in [0.4, 0.5) is 0 Å². The summed E-state index contributed by atoms with van der Waals surface area (Å²) in [7, 11) is 0. The monoisotopic (exact) mass is 602 g/mol. The average molecular weight is 603 g/mol. The van der Waals surface area contributed by atoms with Crippen molar-refractivity contribution in [3.8, 4) is 22.8 Å². The maximum atomic E-state index is 4.92. The molecule has 0 saturated heterocycles. The molecule has 4 heteroatoms. The molecule has 0 N–H and O–H groups in total.